The number of nitrogens with zero attached hydrogens (tertiary/aromatic N) is 3. The van der Waals surface area contributed by atoms with Crippen LogP contribution in [0.4, 0.5) is 0 Å². The van der Waals surface area contributed by atoms with Gasteiger partial charge in [-0.15, -0.1) is 22.7 Å². The van der Waals surface area contributed by atoms with Crippen molar-refractivity contribution in [3.05, 3.63) is 188 Å². The molecule has 11 rings (SSSR count). The molecule has 3 heterocycles. The molecular weight excluding hydrogens is 719 g/mol. The van der Waals surface area contributed by atoms with Crippen LogP contribution in [0.2, 0.25) is 0 Å². The summed E-state index contributed by atoms with van der Waals surface area (Å²) in [5.74, 6) is 1.96. The van der Waals surface area contributed by atoms with Crippen LogP contribution in [-0.4, -0.2) is 15.0 Å². The van der Waals surface area contributed by atoms with Gasteiger partial charge in [-0.2, -0.15) is 0 Å². The largest absolute Gasteiger partial charge is 0.208 e. The SMILES string of the molecule is c1ccc(-c2ccc(-c3nc(-c4ccccc4)nc(-c4ccc5c(c4)sc4c(-c6ccccc6-c6cccc7sc8ccccc8c67)cccc45)n3)cc2)cc1. The van der Waals surface area contributed by atoms with Crippen LogP contribution in [0.15, 0.2) is 188 Å². The Morgan fingerprint density at radius 3 is 1.55 bits per heavy atom. The fourth-order valence-electron chi connectivity index (χ4n) is 7.89. The zero-order valence-corrected chi connectivity index (χ0v) is 31.7. The van der Waals surface area contributed by atoms with E-state index < -0.39 is 0 Å². The number of hydrogen-bond donors (Lipinski definition) is 0. The molecule has 56 heavy (non-hydrogen) atoms. The second kappa shape index (κ2) is 13.5. The van der Waals surface area contributed by atoms with Crippen molar-refractivity contribution in [1.29, 1.82) is 0 Å². The van der Waals surface area contributed by atoms with Gasteiger partial charge in [0, 0.05) is 62.6 Å². The van der Waals surface area contributed by atoms with E-state index in [2.05, 4.69) is 164 Å². The molecule has 0 saturated carbocycles. The first-order valence-corrected chi connectivity index (χ1v) is 20.3. The van der Waals surface area contributed by atoms with Crippen LogP contribution in [0.5, 0.6) is 0 Å². The van der Waals surface area contributed by atoms with Crippen molar-refractivity contribution in [2.75, 3.05) is 0 Å². The Balaban J connectivity index is 1.04. The standard InChI is InChI=1S/C51H31N3S2/c1-3-13-32(14-4-1)33-25-27-35(28-26-33)50-52-49(34-15-5-2-6-16-34)53-51(54-50)36-29-30-39-42-22-11-21-41(48(42)56-46(39)31-36)38-18-8-7-17-37(38)40-20-12-24-45-47(40)43-19-9-10-23-44(43)55-45/h1-31H. The molecule has 0 bridgehead atoms. The predicted molar refractivity (Wildman–Crippen MR) is 238 cm³/mol. The highest BCUT2D eigenvalue weighted by molar-refractivity contribution is 7.26. The summed E-state index contributed by atoms with van der Waals surface area (Å²) in [7, 11) is 0. The van der Waals surface area contributed by atoms with Crippen molar-refractivity contribution in [3.8, 4) is 67.5 Å². The zero-order valence-electron chi connectivity index (χ0n) is 30.1. The second-order valence-electron chi connectivity index (χ2n) is 13.9. The molecule has 262 valence electrons. The van der Waals surface area contributed by atoms with Gasteiger partial charge in [-0.25, -0.2) is 15.0 Å². The minimum absolute atomic E-state index is 0.650. The molecule has 5 heteroatoms. The second-order valence-corrected chi connectivity index (χ2v) is 16.1. The first-order chi connectivity index (χ1) is 27.7. The number of benzene rings is 8. The number of aromatic nitrogens is 3. The van der Waals surface area contributed by atoms with Crippen LogP contribution in [0.25, 0.3) is 108 Å². The molecule has 0 amide bonds. The quantitative estimate of drug-likeness (QED) is 0.170. The number of thiophene rings is 2. The molecule has 3 nitrogen and oxygen atoms in total. The molecule has 0 fully saturated rings. The van der Waals surface area contributed by atoms with Crippen molar-refractivity contribution < 1.29 is 0 Å². The van der Waals surface area contributed by atoms with E-state index in [4.69, 9.17) is 15.0 Å². The average molecular weight is 750 g/mol. The van der Waals surface area contributed by atoms with E-state index in [1.165, 1.54) is 68.2 Å². The molecule has 0 N–H and O–H groups in total. The van der Waals surface area contributed by atoms with Gasteiger partial charge >= 0.3 is 0 Å². The highest BCUT2D eigenvalue weighted by atomic mass is 32.1. The summed E-state index contributed by atoms with van der Waals surface area (Å²) in [4.78, 5) is 15.1. The van der Waals surface area contributed by atoms with Crippen LogP contribution in [0, 0.1) is 0 Å². The fraction of sp³-hybridized carbons (Fsp3) is 0. The maximum absolute atomic E-state index is 5.10. The summed E-state index contributed by atoms with van der Waals surface area (Å²) in [6.07, 6.45) is 0. The third-order valence-corrected chi connectivity index (χ3v) is 12.9. The molecule has 0 radical (unpaired) electrons. The van der Waals surface area contributed by atoms with Gasteiger partial charge in [-0.05, 0) is 46.0 Å². The lowest BCUT2D eigenvalue weighted by Crippen LogP contribution is -2.00. The van der Waals surface area contributed by atoms with Gasteiger partial charge in [0.2, 0.25) is 0 Å². The van der Waals surface area contributed by atoms with E-state index in [1.807, 2.05) is 46.9 Å². The lowest BCUT2D eigenvalue weighted by atomic mass is 9.91. The van der Waals surface area contributed by atoms with E-state index in [9.17, 15) is 0 Å². The van der Waals surface area contributed by atoms with Gasteiger partial charge in [0.15, 0.2) is 17.5 Å². The van der Waals surface area contributed by atoms with Crippen LogP contribution in [0.1, 0.15) is 0 Å². The van der Waals surface area contributed by atoms with Gasteiger partial charge in [-0.1, -0.05) is 170 Å². The Hall–Kier alpha value is -6.79. The molecular formula is C51H31N3S2. The molecule has 0 aliphatic rings. The lowest BCUT2D eigenvalue weighted by Gasteiger charge is -2.13. The Morgan fingerprint density at radius 2 is 0.786 bits per heavy atom. The maximum atomic E-state index is 5.10. The number of rotatable bonds is 6. The Kier molecular flexibility index (Phi) is 7.87. The van der Waals surface area contributed by atoms with Crippen LogP contribution < -0.4 is 0 Å². The van der Waals surface area contributed by atoms with Crippen LogP contribution in [-0.2, 0) is 0 Å². The summed E-state index contributed by atoms with van der Waals surface area (Å²) in [5.41, 5.74) is 10.2. The number of hydrogen-bond acceptors (Lipinski definition) is 5. The van der Waals surface area contributed by atoms with Crippen molar-refractivity contribution in [2.45, 2.75) is 0 Å². The maximum Gasteiger partial charge on any atom is 0.164 e. The van der Waals surface area contributed by atoms with Crippen LogP contribution >= 0.6 is 22.7 Å². The molecule has 0 saturated heterocycles. The minimum Gasteiger partial charge on any atom is -0.208 e. The normalized spacial score (nSPS) is 11.6. The van der Waals surface area contributed by atoms with Gasteiger partial charge in [0.05, 0.1) is 0 Å². The Bertz CT molecular complexity index is 3240. The first-order valence-electron chi connectivity index (χ1n) is 18.7. The average Bonchev–Trinajstić information content (AvgIpc) is 3.85. The van der Waals surface area contributed by atoms with Gasteiger partial charge < -0.3 is 0 Å². The van der Waals surface area contributed by atoms with Gasteiger partial charge in [0.25, 0.3) is 0 Å². The smallest absolute Gasteiger partial charge is 0.164 e. The molecule has 3 aromatic heterocycles. The van der Waals surface area contributed by atoms with E-state index >= 15 is 0 Å². The van der Waals surface area contributed by atoms with Crippen molar-refractivity contribution in [3.63, 3.8) is 0 Å². The van der Waals surface area contributed by atoms with E-state index in [0.29, 0.717) is 17.5 Å². The van der Waals surface area contributed by atoms with Gasteiger partial charge in [-0.3, -0.25) is 0 Å². The van der Waals surface area contributed by atoms with E-state index in [-0.39, 0.29) is 0 Å². The summed E-state index contributed by atoms with van der Waals surface area (Å²) in [6.45, 7) is 0. The number of fused-ring (bicyclic) bond motifs is 6. The molecule has 8 aromatic carbocycles. The minimum atomic E-state index is 0.650. The van der Waals surface area contributed by atoms with Crippen molar-refractivity contribution in [1.82, 2.24) is 15.0 Å². The Morgan fingerprint density at radius 1 is 0.286 bits per heavy atom. The molecule has 11 aromatic rings. The van der Waals surface area contributed by atoms with Gasteiger partial charge in [0.1, 0.15) is 0 Å². The third kappa shape index (κ3) is 5.60. The fourth-order valence-corrected chi connectivity index (χ4v) is 10.3. The topological polar surface area (TPSA) is 38.7 Å². The lowest BCUT2D eigenvalue weighted by molar-refractivity contribution is 1.07. The highest BCUT2D eigenvalue weighted by Gasteiger charge is 2.19. The van der Waals surface area contributed by atoms with Crippen molar-refractivity contribution >= 4 is 63.0 Å². The molecule has 0 spiro atoms. The van der Waals surface area contributed by atoms with E-state index in [1.54, 1.807) is 0 Å². The summed E-state index contributed by atoms with van der Waals surface area (Å²) in [5, 5.41) is 5.12. The Labute approximate surface area is 331 Å². The third-order valence-electron chi connectivity index (χ3n) is 10.6. The summed E-state index contributed by atoms with van der Waals surface area (Å²) < 4.78 is 5.10. The zero-order chi connectivity index (χ0) is 37.0. The van der Waals surface area contributed by atoms with Crippen LogP contribution in [0.3, 0.4) is 0 Å². The monoisotopic (exact) mass is 749 g/mol. The summed E-state index contributed by atoms with van der Waals surface area (Å²) >= 11 is 3.70. The first kappa shape index (κ1) is 32.6. The summed E-state index contributed by atoms with van der Waals surface area (Å²) in [6, 6.07) is 66.8. The van der Waals surface area contributed by atoms with E-state index in [0.717, 1.165) is 22.3 Å². The molecule has 0 aliphatic heterocycles. The predicted octanol–water partition coefficient (Wildman–Crippen LogP) is 14.6. The molecule has 0 unspecified atom stereocenters. The molecule has 0 atom stereocenters. The van der Waals surface area contributed by atoms with Crippen molar-refractivity contribution in [2.24, 2.45) is 0 Å². The molecule has 0 aliphatic carbocycles. The highest BCUT2D eigenvalue weighted by Crippen LogP contribution is 2.46.